The first-order chi connectivity index (χ1) is 6.56. The van der Waals surface area contributed by atoms with Crippen molar-refractivity contribution in [3.63, 3.8) is 0 Å². The normalized spacial score (nSPS) is 38.6. The monoisotopic (exact) mass is 198 g/mol. The molecule has 3 unspecified atom stereocenters. The summed E-state index contributed by atoms with van der Waals surface area (Å²) in [5.74, 6) is 0.705. The van der Waals surface area contributed by atoms with Gasteiger partial charge in [-0.3, -0.25) is 4.90 Å². The number of hydrogen-bond donors (Lipinski definition) is 1. The molecule has 2 N–H and O–H groups in total. The minimum atomic E-state index is 0.393. The Morgan fingerprint density at radius 3 is 2.86 bits per heavy atom. The average Bonchev–Trinajstić information content (AvgIpc) is 2.68. The first kappa shape index (κ1) is 10.4. The third kappa shape index (κ3) is 1.47. The zero-order chi connectivity index (χ0) is 10.3. The molecule has 0 spiro atoms. The van der Waals surface area contributed by atoms with E-state index in [2.05, 4.69) is 25.7 Å². The molecule has 3 heteroatoms. The van der Waals surface area contributed by atoms with E-state index < -0.39 is 0 Å². The van der Waals surface area contributed by atoms with Crippen LogP contribution >= 0.6 is 0 Å². The van der Waals surface area contributed by atoms with Crippen molar-refractivity contribution in [3.8, 4) is 0 Å². The van der Waals surface area contributed by atoms with Crippen LogP contribution in [0.15, 0.2) is 0 Å². The zero-order valence-electron chi connectivity index (χ0n) is 9.49. The lowest BCUT2D eigenvalue weighted by Gasteiger charge is -2.28. The van der Waals surface area contributed by atoms with Gasteiger partial charge in [0.25, 0.3) is 0 Å². The van der Waals surface area contributed by atoms with E-state index in [1.54, 1.807) is 0 Å². The lowest BCUT2D eigenvalue weighted by Crippen LogP contribution is -2.43. The fraction of sp³-hybridized carbons (Fsp3) is 1.00. The van der Waals surface area contributed by atoms with E-state index in [0.29, 0.717) is 23.4 Å². The third-order valence-corrected chi connectivity index (χ3v) is 3.98. The molecule has 2 aliphatic rings. The minimum Gasteiger partial charge on any atom is -0.379 e. The SMILES string of the molecule is CC(CN)N1CC(C)(C)C2COCC21. The number of rotatable bonds is 2. The van der Waals surface area contributed by atoms with E-state index >= 15 is 0 Å². The van der Waals surface area contributed by atoms with Gasteiger partial charge in [0.2, 0.25) is 0 Å². The molecule has 0 saturated carbocycles. The smallest absolute Gasteiger partial charge is 0.0625 e. The van der Waals surface area contributed by atoms with Gasteiger partial charge in [-0.1, -0.05) is 13.8 Å². The summed E-state index contributed by atoms with van der Waals surface area (Å²) in [5.41, 5.74) is 6.13. The molecule has 2 rings (SSSR count). The Morgan fingerprint density at radius 2 is 2.21 bits per heavy atom. The number of fused-ring (bicyclic) bond motifs is 1. The Balaban J connectivity index is 2.14. The van der Waals surface area contributed by atoms with E-state index in [1.807, 2.05) is 0 Å². The number of ether oxygens (including phenoxy) is 1. The maximum absolute atomic E-state index is 5.74. The summed E-state index contributed by atoms with van der Waals surface area (Å²) in [4.78, 5) is 2.54. The second-order valence-electron chi connectivity index (χ2n) is 5.46. The Hall–Kier alpha value is -0.120. The van der Waals surface area contributed by atoms with Gasteiger partial charge in [0.1, 0.15) is 0 Å². The molecule has 3 nitrogen and oxygen atoms in total. The summed E-state index contributed by atoms with van der Waals surface area (Å²) in [6, 6.07) is 1.11. The Kier molecular flexibility index (Phi) is 2.58. The topological polar surface area (TPSA) is 38.5 Å². The number of hydrogen-bond acceptors (Lipinski definition) is 3. The summed E-state index contributed by atoms with van der Waals surface area (Å²) < 4.78 is 5.59. The highest BCUT2D eigenvalue weighted by Crippen LogP contribution is 2.43. The van der Waals surface area contributed by atoms with Gasteiger partial charge in [-0.15, -0.1) is 0 Å². The van der Waals surface area contributed by atoms with Crippen LogP contribution in [0.2, 0.25) is 0 Å². The molecule has 14 heavy (non-hydrogen) atoms. The Labute approximate surface area is 86.6 Å². The van der Waals surface area contributed by atoms with E-state index in [1.165, 1.54) is 6.54 Å². The molecule has 3 atom stereocenters. The maximum Gasteiger partial charge on any atom is 0.0625 e. The van der Waals surface area contributed by atoms with Gasteiger partial charge < -0.3 is 10.5 Å². The van der Waals surface area contributed by atoms with E-state index in [0.717, 1.165) is 19.8 Å². The van der Waals surface area contributed by atoms with Crippen molar-refractivity contribution in [2.24, 2.45) is 17.1 Å². The van der Waals surface area contributed by atoms with Crippen LogP contribution in [0.5, 0.6) is 0 Å². The summed E-state index contributed by atoms with van der Waals surface area (Å²) in [6.45, 7) is 10.7. The molecule has 2 aliphatic heterocycles. The van der Waals surface area contributed by atoms with Gasteiger partial charge in [-0.25, -0.2) is 0 Å². The van der Waals surface area contributed by atoms with Crippen LogP contribution in [0.1, 0.15) is 20.8 Å². The Bertz CT molecular complexity index is 217. The predicted octanol–water partition coefficient (Wildman–Crippen LogP) is 0.690. The van der Waals surface area contributed by atoms with Gasteiger partial charge in [-0.2, -0.15) is 0 Å². The molecule has 0 amide bonds. The zero-order valence-corrected chi connectivity index (χ0v) is 9.49. The van der Waals surface area contributed by atoms with Gasteiger partial charge in [0.15, 0.2) is 0 Å². The maximum atomic E-state index is 5.74. The molecule has 0 aromatic heterocycles. The molecular weight excluding hydrogens is 176 g/mol. The van der Waals surface area contributed by atoms with Crippen LogP contribution in [0.25, 0.3) is 0 Å². The van der Waals surface area contributed by atoms with Crippen molar-refractivity contribution in [2.75, 3.05) is 26.3 Å². The fourth-order valence-corrected chi connectivity index (χ4v) is 2.94. The number of likely N-dealkylation sites (tertiary alicyclic amines) is 1. The van der Waals surface area contributed by atoms with Crippen LogP contribution in [0.4, 0.5) is 0 Å². The largest absolute Gasteiger partial charge is 0.379 e. The number of nitrogens with two attached hydrogens (primary N) is 1. The second kappa shape index (κ2) is 3.47. The molecule has 0 aliphatic carbocycles. The van der Waals surface area contributed by atoms with Crippen molar-refractivity contribution < 1.29 is 4.74 Å². The van der Waals surface area contributed by atoms with E-state index in [9.17, 15) is 0 Å². The first-order valence-electron chi connectivity index (χ1n) is 5.60. The molecular formula is C11H22N2O. The summed E-state index contributed by atoms with van der Waals surface area (Å²) >= 11 is 0. The van der Waals surface area contributed by atoms with E-state index in [4.69, 9.17) is 10.5 Å². The molecule has 0 aromatic rings. The Morgan fingerprint density at radius 1 is 1.50 bits per heavy atom. The summed E-state index contributed by atoms with van der Waals surface area (Å²) in [6.07, 6.45) is 0. The average molecular weight is 198 g/mol. The highest BCUT2D eigenvalue weighted by molar-refractivity contribution is 5.02. The molecule has 2 fully saturated rings. The molecule has 0 radical (unpaired) electrons. The first-order valence-corrected chi connectivity index (χ1v) is 5.60. The van der Waals surface area contributed by atoms with Crippen molar-refractivity contribution in [3.05, 3.63) is 0 Å². The van der Waals surface area contributed by atoms with Crippen molar-refractivity contribution in [1.82, 2.24) is 4.90 Å². The van der Waals surface area contributed by atoms with Crippen molar-refractivity contribution >= 4 is 0 Å². The second-order valence-corrected chi connectivity index (χ2v) is 5.46. The van der Waals surface area contributed by atoms with E-state index in [-0.39, 0.29) is 0 Å². The quantitative estimate of drug-likeness (QED) is 0.709. The van der Waals surface area contributed by atoms with Crippen LogP contribution in [-0.2, 0) is 4.74 Å². The van der Waals surface area contributed by atoms with Crippen LogP contribution in [-0.4, -0.2) is 43.3 Å². The third-order valence-electron chi connectivity index (χ3n) is 3.98. The standard InChI is InChI=1S/C11H22N2O/c1-8(4-12)13-7-11(2,3)9-5-14-6-10(9)13/h8-10H,4-7,12H2,1-3H3. The molecule has 82 valence electrons. The van der Waals surface area contributed by atoms with Crippen LogP contribution in [0, 0.1) is 11.3 Å². The van der Waals surface area contributed by atoms with Crippen LogP contribution in [0.3, 0.4) is 0 Å². The lowest BCUT2D eigenvalue weighted by atomic mass is 9.80. The van der Waals surface area contributed by atoms with Gasteiger partial charge in [0, 0.05) is 31.1 Å². The number of nitrogens with zero attached hydrogens (tertiary/aromatic N) is 1. The highest BCUT2D eigenvalue weighted by Gasteiger charge is 2.50. The molecule has 2 heterocycles. The summed E-state index contributed by atoms with van der Waals surface area (Å²) in [5, 5.41) is 0. The van der Waals surface area contributed by atoms with Gasteiger partial charge in [0.05, 0.1) is 13.2 Å². The molecule has 0 aromatic carbocycles. The van der Waals surface area contributed by atoms with Crippen molar-refractivity contribution in [1.29, 1.82) is 0 Å². The molecule has 2 saturated heterocycles. The predicted molar refractivity (Wildman–Crippen MR) is 57.1 cm³/mol. The summed E-state index contributed by atoms with van der Waals surface area (Å²) in [7, 11) is 0. The highest BCUT2D eigenvalue weighted by atomic mass is 16.5. The molecule has 0 bridgehead atoms. The lowest BCUT2D eigenvalue weighted by molar-refractivity contribution is 0.106. The van der Waals surface area contributed by atoms with Gasteiger partial charge in [-0.05, 0) is 12.3 Å². The fourth-order valence-electron chi connectivity index (χ4n) is 2.94. The van der Waals surface area contributed by atoms with Crippen LogP contribution < -0.4 is 5.73 Å². The van der Waals surface area contributed by atoms with Gasteiger partial charge >= 0.3 is 0 Å². The van der Waals surface area contributed by atoms with Crippen molar-refractivity contribution in [2.45, 2.75) is 32.9 Å². The minimum absolute atomic E-state index is 0.393.